The van der Waals surface area contributed by atoms with Crippen LogP contribution in [0, 0.1) is 0 Å². The van der Waals surface area contributed by atoms with Crippen molar-refractivity contribution in [1.29, 1.82) is 0 Å². The number of pyridine rings is 1. The first-order chi connectivity index (χ1) is 12.3. The summed E-state index contributed by atoms with van der Waals surface area (Å²) in [6.07, 6.45) is 2.56. The zero-order valence-corrected chi connectivity index (χ0v) is 14.0. The first kappa shape index (κ1) is 16.7. The van der Waals surface area contributed by atoms with Crippen LogP contribution >= 0.6 is 0 Å². The van der Waals surface area contributed by atoms with Crippen LogP contribution in [0.15, 0.2) is 66.9 Å². The summed E-state index contributed by atoms with van der Waals surface area (Å²) in [5.74, 6) is 1.15. The molecule has 0 radical (unpaired) electrons. The number of ether oxygens (including phenoxy) is 2. The maximum atomic E-state index is 11.1. The molecule has 1 aromatic heterocycles. The van der Waals surface area contributed by atoms with E-state index in [1.807, 2.05) is 61.5 Å². The molecule has 0 atom stereocenters. The Balaban J connectivity index is 1.73. The fraction of sp³-hybridized carbons (Fsp3) is 0.143. The van der Waals surface area contributed by atoms with Crippen molar-refractivity contribution in [3.63, 3.8) is 0 Å². The van der Waals surface area contributed by atoms with Crippen LogP contribution in [0.5, 0.6) is 11.6 Å². The van der Waals surface area contributed by atoms with Crippen molar-refractivity contribution in [2.75, 3.05) is 6.61 Å². The van der Waals surface area contributed by atoms with Crippen molar-refractivity contribution in [1.82, 2.24) is 4.98 Å². The molecule has 0 aliphatic heterocycles. The van der Waals surface area contributed by atoms with Gasteiger partial charge in [0.15, 0.2) is 6.29 Å². The second kappa shape index (κ2) is 8.11. The Labute approximate surface area is 147 Å². The van der Waals surface area contributed by atoms with Gasteiger partial charge in [-0.25, -0.2) is 4.98 Å². The molecule has 4 heteroatoms. The van der Waals surface area contributed by atoms with E-state index in [0.29, 0.717) is 30.4 Å². The highest BCUT2D eigenvalue weighted by molar-refractivity contribution is 5.81. The van der Waals surface area contributed by atoms with Crippen LogP contribution in [0.25, 0.3) is 11.1 Å². The molecule has 0 saturated heterocycles. The third-order valence-electron chi connectivity index (χ3n) is 3.74. The van der Waals surface area contributed by atoms with Crippen molar-refractivity contribution < 1.29 is 14.3 Å². The molecule has 0 N–H and O–H groups in total. The number of carbonyl (C=O) groups excluding carboxylic acids is 1. The lowest BCUT2D eigenvalue weighted by atomic mass is 10.1. The molecule has 4 nitrogen and oxygen atoms in total. The SMILES string of the molecule is CCOc1cc(-c2ccc(OCc3ccccc3)nc2)ccc1C=O. The minimum Gasteiger partial charge on any atom is -0.493 e. The van der Waals surface area contributed by atoms with Crippen molar-refractivity contribution in [3.8, 4) is 22.8 Å². The normalized spacial score (nSPS) is 10.3. The Kier molecular flexibility index (Phi) is 5.42. The molecular formula is C21H19NO3. The second-order valence-electron chi connectivity index (χ2n) is 5.46. The van der Waals surface area contributed by atoms with E-state index < -0.39 is 0 Å². The standard InChI is InChI=1S/C21H19NO3/c1-2-24-20-12-17(8-9-19(20)14-23)18-10-11-21(22-13-18)25-15-16-6-4-3-5-7-16/h3-14H,2,15H2,1H3. The van der Waals surface area contributed by atoms with Crippen molar-refractivity contribution in [3.05, 3.63) is 78.0 Å². The van der Waals surface area contributed by atoms with Crippen LogP contribution < -0.4 is 9.47 Å². The van der Waals surface area contributed by atoms with Crippen LogP contribution in [-0.2, 0) is 6.61 Å². The van der Waals surface area contributed by atoms with Gasteiger partial charge < -0.3 is 9.47 Å². The summed E-state index contributed by atoms with van der Waals surface area (Å²) in [5, 5.41) is 0. The summed E-state index contributed by atoms with van der Waals surface area (Å²) >= 11 is 0. The van der Waals surface area contributed by atoms with Gasteiger partial charge in [0.2, 0.25) is 5.88 Å². The maximum Gasteiger partial charge on any atom is 0.213 e. The summed E-state index contributed by atoms with van der Waals surface area (Å²) in [6, 6.07) is 19.2. The quantitative estimate of drug-likeness (QED) is 0.596. The van der Waals surface area contributed by atoms with E-state index in [-0.39, 0.29) is 0 Å². The molecule has 3 aromatic rings. The van der Waals surface area contributed by atoms with E-state index in [2.05, 4.69) is 4.98 Å². The molecule has 0 unspecified atom stereocenters. The minimum absolute atomic E-state index is 0.482. The lowest BCUT2D eigenvalue weighted by molar-refractivity contribution is 0.112. The topological polar surface area (TPSA) is 48.4 Å². The number of hydrogen-bond acceptors (Lipinski definition) is 4. The summed E-state index contributed by atoms with van der Waals surface area (Å²) in [7, 11) is 0. The zero-order valence-electron chi connectivity index (χ0n) is 14.0. The van der Waals surface area contributed by atoms with Gasteiger partial charge in [0.25, 0.3) is 0 Å². The minimum atomic E-state index is 0.482. The molecule has 3 rings (SSSR count). The number of benzene rings is 2. The lowest BCUT2D eigenvalue weighted by Crippen LogP contribution is -1.97. The summed E-state index contributed by atoms with van der Waals surface area (Å²) in [6.45, 7) is 2.88. The zero-order chi connectivity index (χ0) is 17.5. The van der Waals surface area contributed by atoms with Gasteiger partial charge in [-0.3, -0.25) is 4.79 Å². The monoisotopic (exact) mass is 333 g/mol. The molecule has 0 aliphatic carbocycles. The summed E-state index contributed by atoms with van der Waals surface area (Å²) in [5.41, 5.74) is 3.52. The van der Waals surface area contributed by atoms with Crippen LogP contribution in [0.1, 0.15) is 22.8 Å². The Bertz CT molecular complexity index is 830. The fourth-order valence-corrected chi connectivity index (χ4v) is 2.46. The molecule has 126 valence electrons. The first-order valence-electron chi connectivity index (χ1n) is 8.15. The van der Waals surface area contributed by atoms with Gasteiger partial charge in [0.1, 0.15) is 12.4 Å². The molecule has 0 bridgehead atoms. The average molecular weight is 333 g/mol. The van der Waals surface area contributed by atoms with Crippen molar-refractivity contribution >= 4 is 6.29 Å². The van der Waals surface area contributed by atoms with Gasteiger partial charge in [-0.15, -0.1) is 0 Å². The van der Waals surface area contributed by atoms with Gasteiger partial charge in [-0.2, -0.15) is 0 Å². The number of rotatable bonds is 7. The molecular weight excluding hydrogens is 314 g/mol. The number of carbonyl (C=O) groups is 1. The Morgan fingerprint density at radius 3 is 2.44 bits per heavy atom. The van der Waals surface area contributed by atoms with E-state index in [9.17, 15) is 4.79 Å². The summed E-state index contributed by atoms with van der Waals surface area (Å²) < 4.78 is 11.2. The molecule has 0 fully saturated rings. The predicted molar refractivity (Wildman–Crippen MR) is 97.0 cm³/mol. The van der Waals surface area contributed by atoms with E-state index in [0.717, 1.165) is 23.0 Å². The molecule has 25 heavy (non-hydrogen) atoms. The third-order valence-corrected chi connectivity index (χ3v) is 3.74. The van der Waals surface area contributed by atoms with Crippen LogP contribution in [-0.4, -0.2) is 17.9 Å². The Hall–Kier alpha value is -3.14. The van der Waals surface area contributed by atoms with Gasteiger partial charge in [0, 0.05) is 17.8 Å². The highest BCUT2D eigenvalue weighted by atomic mass is 16.5. The Morgan fingerprint density at radius 2 is 1.76 bits per heavy atom. The number of hydrogen-bond donors (Lipinski definition) is 0. The third kappa shape index (κ3) is 4.23. The molecule has 0 spiro atoms. The van der Waals surface area contributed by atoms with Gasteiger partial charge in [-0.05, 0) is 36.2 Å². The predicted octanol–water partition coefficient (Wildman–Crippen LogP) is 4.54. The molecule has 0 aliphatic rings. The average Bonchev–Trinajstić information content (AvgIpc) is 2.68. The first-order valence-corrected chi connectivity index (χ1v) is 8.15. The van der Waals surface area contributed by atoms with E-state index >= 15 is 0 Å². The van der Waals surface area contributed by atoms with E-state index in [1.165, 1.54) is 0 Å². The van der Waals surface area contributed by atoms with E-state index in [4.69, 9.17) is 9.47 Å². The highest BCUT2D eigenvalue weighted by Crippen LogP contribution is 2.27. The fourth-order valence-electron chi connectivity index (χ4n) is 2.46. The van der Waals surface area contributed by atoms with Gasteiger partial charge in [-0.1, -0.05) is 36.4 Å². The van der Waals surface area contributed by atoms with Crippen LogP contribution in [0.3, 0.4) is 0 Å². The number of nitrogens with zero attached hydrogens (tertiary/aromatic N) is 1. The van der Waals surface area contributed by atoms with E-state index in [1.54, 1.807) is 12.3 Å². The molecule has 1 heterocycles. The molecule has 0 saturated carbocycles. The highest BCUT2D eigenvalue weighted by Gasteiger charge is 2.07. The van der Waals surface area contributed by atoms with Crippen LogP contribution in [0.4, 0.5) is 0 Å². The number of aromatic nitrogens is 1. The lowest BCUT2D eigenvalue weighted by Gasteiger charge is -2.10. The smallest absolute Gasteiger partial charge is 0.213 e. The van der Waals surface area contributed by atoms with Crippen molar-refractivity contribution in [2.24, 2.45) is 0 Å². The Morgan fingerprint density at radius 1 is 0.960 bits per heavy atom. The van der Waals surface area contributed by atoms with Gasteiger partial charge in [0.05, 0.1) is 12.2 Å². The van der Waals surface area contributed by atoms with Gasteiger partial charge >= 0.3 is 0 Å². The largest absolute Gasteiger partial charge is 0.493 e. The second-order valence-corrected chi connectivity index (χ2v) is 5.46. The molecule has 0 amide bonds. The van der Waals surface area contributed by atoms with Crippen LogP contribution in [0.2, 0.25) is 0 Å². The number of aldehydes is 1. The maximum absolute atomic E-state index is 11.1. The van der Waals surface area contributed by atoms with Crippen molar-refractivity contribution in [2.45, 2.75) is 13.5 Å². The summed E-state index contributed by atoms with van der Waals surface area (Å²) in [4.78, 5) is 15.4. The molecule has 2 aromatic carbocycles.